The van der Waals surface area contributed by atoms with Crippen molar-refractivity contribution >= 4 is 35.8 Å². The first-order valence-corrected chi connectivity index (χ1v) is 9.15. The maximum atomic E-state index is 12.1. The lowest BCUT2D eigenvalue weighted by Crippen LogP contribution is -2.41. The molecule has 0 saturated carbocycles. The largest absolute Gasteiger partial charge is 0.497 e. The molecule has 0 aliphatic carbocycles. The Balaban J connectivity index is 0.00000625. The van der Waals surface area contributed by atoms with Gasteiger partial charge in [-0.25, -0.2) is 0 Å². The Kier molecular flexibility index (Phi) is 14.8. The highest BCUT2D eigenvalue weighted by molar-refractivity contribution is 14.0. The summed E-state index contributed by atoms with van der Waals surface area (Å²) in [6.07, 6.45) is 4.82. The molecule has 0 heterocycles. The van der Waals surface area contributed by atoms with Crippen molar-refractivity contribution in [2.45, 2.75) is 39.5 Å². The predicted molar refractivity (Wildman–Crippen MR) is 119 cm³/mol. The van der Waals surface area contributed by atoms with Crippen molar-refractivity contribution in [3.05, 3.63) is 29.8 Å². The number of nitrogens with zero attached hydrogens (tertiary/aromatic N) is 1. The molecule has 0 unspecified atom stereocenters. The number of nitrogens with one attached hydrogen (secondary N) is 3. The lowest BCUT2D eigenvalue weighted by atomic mass is 10.2. The molecule has 1 rings (SSSR count). The molecule has 0 aliphatic rings. The van der Waals surface area contributed by atoms with Crippen LogP contribution in [0.3, 0.4) is 0 Å². The van der Waals surface area contributed by atoms with E-state index in [0.717, 1.165) is 25.5 Å². The maximum absolute atomic E-state index is 12.1. The molecule has 0 atom stereocenters. The van der Waals surface area contributed by atoms with Crippen LogP contribution in [0.1, 0.15) is 49.9 Å². The van der Waals surface area contributed by atoms with E-state index in [-0.39, 0.29) is 29.9 Å². The topological polar surface area (TPSA) is 74.8 Å². The SMILES string of the molecule is CCCCCCN=C(NCC)NCCNC(=O)c1cccc(OC)c1.I. The molecule has 0 bridgehead atoms. The molecule has 26 heavy (non-hydrogen) atoms. The van der Waals surface area contributed by atoms with Gasteiger partial charge in [-0.1, -0.05) is 32.3 Å². The molecule has 0 aromatic heterocycles. The first-order chi connectivity index (χ1) is 12.2. The zero-order chi connectivity index (χ0) is 18.3. The Morgan fingerprint density at radius 1 is 1.08 bits per heavy atom. The second-order valence-electron chi connectivity index (χ2n) is 5.74. The number of guanidine groups is 1. The third-order valence-electron chi connectivity index (χ3n) is 3.66. The van der Waals surface area contributed by atoms with Gasteiger partial charge in [0, 0.05) is 31.7 Å². The Morgan fingerprint density at radius 2 is 1.85 bits per heavy atom. The summed E-state index contributed by atoms with van der Waals surface area (Å²) in [4.78, 5) is 16.7. The standard InChI is InChI=1S/C19H32N4O2.HI/c1-4-6-7-8-12-22-19(20-5-2)23-14-13-21-18(24)16-10-9-11-17(15-16)25-3;/h9-11,15H,4-8,12-14H2,1-3H3,(H,21,24)(H2,20,22,23);1H. The highest BCUT2D eigenvalue weighted by atomic mass is 127. The van der Waals surface area contributed by atoms with Crippen LogP contribution < -0.4 is 20.7 Å². The van der Waals surface area contributed by atoms with Crippen molar-refractivity contribution in [1.82, 2.24) is 16.0 Å². The van der Waals surface area contributed by atoms with E-state index < -0.39 is 0 Å². The van der Waals surface area contributed by atoms with Crippen LogP contribution in [0.15, 0.2) is 29.3 Å². The van der Waals surface area contributed by atoms with Crippen molar-refractivity contribution < 1.29 is 9.53 Å². The minimum absolute atomic E-state index is 0. The first-order valence-electron chi connectivity index (χ1n) is 9.15. The Hall–Kier alpha value is -1.51. The van der Waals surface area contributed by atoms with Gasteiger partial charge in [0.25, 0.3) is 5.91 Å². The van der Waals surface area contributed by atoms with Gasteiger partial charge in [-0.15, -0.1) is 24.0 Å². The zero-order valence-electron chi connectivity index (χ0n) is 16.1. The summed E-state index contributed by atoms with van der Waals surface area (Å²) < 4.78 is 5.13. The van der Waals surface area contributed by atoms with Gasteiger partial charge in [-0.05, 0) is 31.5 Å². The predicted octanol–water partition coefficient (Wildman–Crippen LogP) is 3.18. The van der Waals surface area contributed by atoms with Crippen molar-refractivity contribution in [3.8, 4) is 5.75 Å². The molecular formula is C19H33IN4O2. The molecule has 148 valence electrons. The number of hydrogen-bond acceptors (Lipinski definition) is 3. The summed E-state index contributed by atoms with van der Waals surface area (Å²) in [5.41, 5.74) is 0.593. The Morgan fingerprint density at radius 3 is 2.54 bits per heavy atom. The van der Waals surface area contributed by atoms with Crippen molar-refractivity contribution in [1.29, 1.82) is 0 Å². The summed E-state index contributed by atoms with van der Waals surface area (Å²) >= 11 is 0. The van der Waals surface area contributed by atoms with E-state index >= 15 is 0 Å². The van der Waals surface area contributed by atoms with E-state index in [1.807, 2.05) is 13.0 Å². The molecule has 0 spiro atoms. The highest BCUT2D eigenvalue weighted by Crippen LogP contribution is 2.12. The van der Waals surface area contributed by atoms with Crippen LogP contribution in [0.25, 0.3) is 0 Å². The van der Waals surface area contributed by atoms with Crippen LogP contribution in [-0.4, -0.2) is 45.2 Å². The molecule has 6 nitrogen and oxygen atoms in total. The third-order valence-corrected chi connectivity index (χ3v) is 3.66. The van der Waals surface area contributed by atoms with Crippen LogP contribution in [-0.2, 0) is 0 Å². The van der Waals surface area contributed by atoms with E-state index in [4.69, 9.17) is 4.74 Å². The van der Waals surface area contributed by atoms with Crippen molar-refractivity contribution in [2.75, 3.05) is 33.3 Å². The summed E-state index contributed by atoms with van der Waals surface area (Å²) in [5, 5.41) is 9.35. The summed E-state index contributed by atoms with van der Waals surface area (Å²) in [6, 6.07) is 7.12. The number of rotatable bonds is 11. The lowest BCUT2D eigenvalue weighted by molar-refractivity contribution is 0.0954. The smallest absolute Gasteiger partial charge is 0.251 e. The van der Waals surface area contributed by atoms with Gasteiger partial charge in [0.1, 0.15) is 5.75 Å². The number of ether oxygens (including phenoxy) is 1. The van der Waals surface area contributed by atoms with Crippen LogP contribution in [0.4, 0.5) is 0 Å². The molecule has 0 saturated heterocycles. The summed E-state index contributed by atoms with van der Waals surface area (Å²) in [6.45, 7) is 7.03. The van der Waals surface area contributed by atoms with Crippen LogP contribution in [0.5, 0.6) is 5.75 Å². The quantitative estimate of drug-likeness (QED) is 0.199. The number of carbonyl (C=O) groups is 1. The molecule has 3 N–H and O–H groups in total. The molecular weight excluding hydrogens is 443 g/mol. The average Bonchev–Trinajstić information content (AvgIpc) is 2.64. The third kappa shape index (κ3) is 10.5. The van der Waals surface area contributed by atoms with E-state index in [1.165, 1.54) is 19.3 Å². The fourth-order valence-electron chi connectivity index (χ4n) is 2.29. The lowest BCUT2D eigenvalue weighted by Gasteiger charge is -2.12. The highest BCUT2D eigenvalue weighted by Gasteiger charge is 2.05. The molecule has 7 heteroatoms. The molecule has 1 aromatic carbocycles. The molecule has 1 amide bonds. The van der Waals surface area contributed by atoms with Crippen molar-refractivity contribution in [2.24, 2.45) is 4.99 Å². The number of halogens is 1. The van der Waals surface area contributed by atoms with E-state index in [1.54, 1.807) is 25.3 Å². The Labute approximate surface area is 174 Å². The van der Waals surface area contributed by atoms with Gasteiger partial charge in [-0.3, -0.25) is 9.79 Å². The van der Waals surface area contributed by atoms with Gasteiger partial charge in [-0.2, -0.15) is 0 Å². The fraction of sp³-hybridized carbons (Fsp3) is 0.579. The van der Waals surface area contributed by atoms with E-state index in [0.29, 0.717) is 24.4 Å². The van der Waals surface area contributed by atoms with Gasteiger partial charge >= 0.3 is 0 Å². The molecule has 0 radical (unpaired) electrons. The number of amides is 1. The van der Waals surface area contributed by atoms with Crippen LogP contribution in [0.2, 0.25) is 0 Å². The molecule has 0 aliphatic heterocycles. The van der Waals surface area contributed by atoms with E-state index in [9.17, 15) is 4.79 Å². The Bertz CT molecular complexity index is 538. The summed E-state index contributed by atoms with van der Waals surface area (Å²) in [5.74, 6) is 1.37. The first kappa shape index (κ1) is 24.5. The van der Waals surface area contributed by atoms with Gasteiger partial charge in [0.2, 0.25) is 0 Å². The monoisotopic (exact) mass is 476 g/mol. The second kappa shape index (κ2) is 15.7. The second-order valence-corrected chi connectivity index (χ2v) is 5.74. The van der Waals surface area contributed by atoms with Gasteiger partial charge < -0.3 is 20.7 Å². The van der Waals surface area contributed by atoms with Gasteiger partial charge in [0.15, 0.2) is 5.96 Å². The average molecular weight is 476 g/mol. The van der Waals surface area contributed by atoms with Crippen LogP contribution in [0, 0.1) is 0 Å². The number of benzene rings is 1. The van der Waals surface area contributed by atoms with E-state index in [2.05, 4.69) is 27.9 Å². The maximum Gasteiger partial charge on any atom is 0.251 e. The number of methoxy groups -OCH3 is 1. The summed E-state index contributed by atoms with van der Waals surface area (Å²) in [7, 11) is 1.59. The number of unbranched alkanes of at least 4 members (excludes halogenated alkanes) is 3. The molecule has 1 aromatic rings. The fourth-order valence-corrected chi connectivity index (χ4v) is 2.29. The minimum atomic E-state index is -0.109. The van der Waals surface area contributed by atoms with Crippen molar-refractivity contribution in [3.63, 3.8) is 0 Å². The molecule has 0 fully saturated rings. The minimum Gasteiger partial charge on any atom is -0.497 e. The zero-order valence-corrected chi connectivity index (χ0v) is 18.5. The van der Waals surface area contributed by atoms with Crippen LogP contribution >= 0.6 is 24.0 Å². The number of aliphatic imine (C=N–C) groups is 1. The number of hydrogen-bond donors (Lipinski definition) is 3. The van der Waals surface area contributed by atoms with Gasteiger partial charge in [0.05, 0.1) is 7.11 Å². The normalized spacial score (nSPS) is 10.7. The number of carbonyl (C=O) groups excluding carboxylic acids is 1.